The van der Waals surface area contributed by atoms with Gasteiger partial charge >= 0.3 is 5.89 Å². The molecule has 1 unspecified atom stereocenters. The van der Waals surface area contributed by atoms with Crippen LogP contribution in [0.1, 0.15) is 82.6 Å². The van der Waals surface area contributed by atoms with E-state index in [0.29, 0.717) is 62.2 Å². The number of unbranched alkanes of at least 4 members (excludes halogenated alkanes) is 1. The third-order valence-electron chi connectivity index (χ3n) is 10.3. The number of benzene rings is 3. The van der Waals surface area contributed by atoms with Crippen LogP contribution in [-0.2, 0) is 31.5 Å². The lowest BCUT2D eigenvalue weighted by Crippen LogP contribution is -2.38. The molecule has 0 amide bonds. The lowest BCUT2D eigenvalue weighted by molar-refractivity contribution is -0.678. The van der Waals surface area contributed by atoms with Crippen LogP contribution in [0.15, 0.2) is 88.7 Å². The fourth-order valence-electron chi connectivity index (χ4n) is 7.25. The van der Waals surface area contributed by atoms with Crippen LogP contribution in [-0.4, -0.2) is 60.5 Å². The average Bonchev–Trinajstić information content (AvgIpc) is 3.59. The zero-order valence-corrected chi connectivity index (χ0v) is 30.3. The van der Waals surface area contributed by atoms with E-state index in [-0.39, 0.29) is 17.8 Å². The molecular weight excluding hydrogens is 677 g/mol. The van der Waals surface area contributed by atoms with Gasteiger partial charge in [-0.15, -0.1) is 0 Å². The van der Waals surface area contributed by atoms with Gasteiger partial charge < -0.3 is 14.1 Å². The second-order valence-electron chi connectivity index (χ2n) is 13.8. The van der Waals surface area contributed by atoms with E-state index in [1.54, 1.807) is 0 Å². The molecule has 6 rings (SSSR count). The largest absolute Gasteiger partial charge is 0.471 e. The van der Waals surface area contributed by atoms with Gasteiger partial charge in [-0.3, -0.25) is 9.11 Å². The van der Waals surface area contributed by atoms with E-state index in [1.807, 2.05) is 53.1 Å². The molecule has 1 atom stereocenters. The molecule has 1 aliphatic carbocycles. The van der Waals surface area contributed by atoms with E-state index in [1.165, 1.54) is 12.5 Å². The van der Waals surface area contributed by atoms with E-state index in [0.717, 1.165) is 47.5 Å². The maximum atomic E-state index is 11.9. The van der Waals surface area contributed by atoms with Crippen LogP contribution < -0.4 is 4.57 Å². The van der Waals surface area contributed by atoms with Crippen LogP contribution in [0, 0.1) is 0 Å². The van der Waals surface area contributed by atoms with Gasteiger partial charge in [0, 0.05) is 25.1 Å². The number of rotatable bonds is 13. The van der Waals surface area contributed by atoms with Crippen molar-refractivity contribution in [1.29, 1.82) is 0 Å². The van der Waals surface area contributed by atoms with E-state index in [2.05, 4.69) is 42.2 Å². The van der Waals surface area contributed by atoms with Gasteiger partial charge in [-0.25, -0.2) is 0 Å². The Morgan fingerprint density at radius 2 is 1.68 bits per heavy atom. The molecule has 2 aliphatic rings. The minimum Gasteiger partial charge on any atom is -0.471 e. The minimum absolute atomic E-state index is 0.258. The van der Waals surface area contributed by atoms with Gasteiger partial charge in [0.25, 0.3) is 25.8 Å². The highest BCUT2D eigenvalue weighted by Crippen LogP contribution is 2.45. The van der Waals surface area contributed by atoms with Crippen molar-refractivity contribution in [2.45, 2.75) is 88.5 Å². The molecule has 0 radical (unpaired) electrons. The third-order valence-corrected chi connectivity index (χ3v) is 12.3. The highest BCUT2D eigenvalue weighted by Gasteiger charge is 2.45. The zero-order chi connectivity index (χ0) is 35.5. The number of allylic oxidation sites excluding steroid dienone is 2. The van der Waals surface area contributed by atoms with Crippen molar-refractivity contribution in [2.75, 3.05) is 18.8 Å². The summed E-state index contributed by atoms with van der Waals surface area (Å²) in [4.78, 5) is 2.11. The van der Waals surface area contributed by atoms with Crippen LogP contribution in [0.3, 0.4) is 0 Å². The Morgan fingerprint density at radius 1 is 1.00 bits per heavy atom. The molecular formula is C38H47N2O8S2+. The van der Waals surface area contributed by atoms with Crippen LogP contribution in [0.2, 0.25) is 0 Å². The van der Waals surface area contributed by atoms with Crippen molar-refractivity contribution in [3.8, 4) is 0 Å². The lowest BCUT2D eigenvalue weighted by Gasteiger charge is -2.36. The number of fused-ring (bicyclic) bond motifs is 2. The van der Waals surface area contributed by atoms with Crippen LogP contribution >= 0.6 is 0 Å². The highest BCUT2D eigenvalue weighted by molar-refractivity contribution is 7.86. The molecule has 2 N–H and O–H groups in total. The fourth-order valence-corrected chi connectivity index (χ4v) is 8.22. The van der Waals surface area contributed by atoms with E-state index in [9.17, 15) is 25.9 Å². The highest BCUT2D eigenvalue weighted by atomic mass is 32.2. The topological polar surface area (TPSA) is 138 Å². The molecule has 12 heteroatoms. The Bertz CT molecular complexity index is 2100. The summed E-state index contributed by atoms with van der Waals surface area (Å²) in [6.45, 7) is 5.12. The van der Waals surface area contributed by atoms with Crippen molar-refractivity contribution in [2.24, 2.45) is 0 Å². The maximum absolute atomic E-state index is 11.9. The SMILES string of the molecule is CCC(/C=C1\OC2(CCC(c3ccccc3)CC2)CN1CCC(C)S(=O)(=O)O)=C\c1oc2cc3ccccc3cc2[n+]1CCCCS(=O)(=O)O. The van der Waals surface area contributed by atoms with Gasteiger partial charge in [-0.05, 0) is 85.8 Å². The summed E-state index contributed by atoms with van der Waals surface area (Å²) in [5.41, 5.74) is 3.50. The Labute approximate surface area is 294 Å². The average molecular weight is 724 g/mol. The molecule has 50 heavy (non-hydrogen) atoms. The molecule has 4 aromatic rings. The number of oxazole rings is 1. The van der Waals surface area contributed by atoms with Crippen LogP contribution in [0.5, 0.6) is 0 Å². The van der Waals surface area contributed by atoms with Gasteiger partial charge in [0.2, 0.25) is 5.58 Å². The van der Waals surface area contributed by atoms with Gasteiger partial charge in [0.1, 0.15) is 5.60 Å². The number of aryl methyl sites for hydroxylation is 1. The molecule has 1 saturated carbocycles. The van der Waals surface area contributed by atoms with E-state index in [4.69, 9.17) is 9.15 Å². The van der Waals surface area contributed by atoms with Crippen molar-refractivity contribution in [3.05, 3.63) is 95.7 Å². The Morgan fingerprint density at radius 3 is 2.34 bits per heavy atom. The maximum Gasteiger partial charge on any atom is 0.374 e. The summed E-state index contributed by atoms with van der Waals surface area (Å²) >= 11 is 0. The molecule has 2 heterocycles. The molecule has 2 fully saturated rings. The van der Waals surface area contributed by atoms with E-state index >= 15 is 0 Å². The Hall–Kier alpha value is -3.71. The first kappa shape index (κ1) is 36.1. The van der Waals surface area contributed by atoms with Crippen LogP contribution in [0.4, 0.5) is 0 Å². The normalized spacial score (nSPS) is 21.8. The number of aromatic nitrogens is 1. The summed E-state index contributed by atoms with van der Waals surface area (Å²) in [5, 5.41) is 1.20. The standard InChI is InChI=1S/C38H46N2O8S2/c1-3-29(24-37-40(20-9-10-22-49(41,42)43)34-25-32-13-7-8-14-33(32)26-35(34)47-37)23-36-39(21-17-28(2)50(44,45)46)27-38(48-36)18-15-31(16-19-38)30-11-5-4-6-12-30/h4-8,11-14,23-26,28,31H,3,9-10,15-22,27H2,1-2H3,(H-,41,42,43,44,45,46)/p+1. The third kappa shape index (κ3) is 8.59. The molecule has 1 aromatic heterocycles. The van der Waals surface area contributed by atoms with Crippen molar-refractivity contribution >= 4 is 48.2 Å². The van der Waals surface area contributed by atoms with Gasteiger partial charge in [0.15, 0.2) is 12.4 Å². The smallest absolute Gasteiger partial charge is 0.374 e. The fraction of sp³-hybridized carbons (Fsp3) is 0.447. The van der Waals surface area contributed by atoms with Crippen molar-refractivity contribution < 1.29 is 39.7 Å². The summed E-state index contributed by atoms with van der Waals surface area (Å²) in [5.74, 6) is 1.45. The van der Waals surface area contributed by atoms with Gasteiger partial charge in [-0.1, -0.05) is 61.5 Å². The first-order valence-corrected chi connectivity index (χ1v) is 20.6. The summed E-state index contributed by atoms with van der Waals surface area (Å²) in [6, 6.07) is 22.7. The number of hydrogen-bond acceptors (Lipinski definition) is 7. The molecule has 0 bridgehead atoms. The predicted octanol–water partition coefficient (Wildman–Crippen LogP) is 7.27. The molecule has 3 aromatic carbocycles. The lowest BCUT2D eigenvalue weighted by atomic mass is 9.76. The Balaban J connectivity index is 1.32. The van der Waals surface area contributed by atoms with Crippen LogP contribution in [0.25, 0.3) is 27.9 Å². The summed E-state index contributed by atoms with van der Waals surface area (Å²) in [7, 11) is -8.22. The van der Waals surface area contributed by atoms with Crippen molar-refractivity contribution in [3.63, 3.8) is 0 Å². The van der Waals surface area contributed by atoms with Gasteiger partial charge in [-0.2, -0.15) is 21.4 Å². The van der Waals surface area contributed by atoms with Gasteiger partial charge in [0.05, 0.1) is 23.6 Å². The molecule has 1 spiro atoms. The van der Waals surface area contributed by atoms with Crippen molar-refractivity contribution in [1.82, 2.24) is 4.90 Å². The second-order valence-corrected chi connectivity index (χ2v) is 17.2. The first-order chi connectivity index (χ1) is 23.8. The van der Waals surface area contributed by atoms with E-state index < -0.39 is 25.5 Å². The molecule has 1 saturated heterocycles. The first-order valence-electron chi connectivity index (χ1n) is 17.5. The summed E-state index contributed by atoms with van der Waals surface area (Å²) in [6.07, 6.45) is 9.48. The molecule has 1 aliphatic heterocycles. The predicted molar refractivity (Wildman–Crippen MR) is 195 cm³/mol. The number of hydrogen-bond donors (Lipinski definition) is 2. The monoisotopic (exact) mass is 723 g/mol. The number of ether oxygens (including phenoxy) is 1. The quantitative estimate of drug-likeness (QED) is 0.0829. The minimum atomic E-state index is -4.16. The molecule has 268 valence electrons. The second kappa shape index (κ2) is 14.9. The number of nitrogens with zero attached hydrogens (tertiary/aromatic N) is 2. The molecule has 10 nitrogen and oxygen atoms in total. The Kier molecular flexibility index (Phi) is 10.7. The summed E-state index contributed by atoms with van der Waals surface area (Å²) < 4.78 is 80.7. The zero-order valence-electron chi connectivity index (χ0n) is 28.7.